The molecule has 1 aromatic carbocycles. The van der Waals surface area contributed by atoms with Gasteiger partial charge in [-0.1, -0.05) is 37.5 Å². The first kappa shape index (κ1) is 14.1. The Morgan fingerprint density at radius 2 is 1.84 bits per heavy atom. The summed E-state index contributed by atoms with van der Waals surface area (Å²) in [7, 11) is 0. The lowest BCUT2D eigenvalue weighted by Gasteiger charge is -2.24. The maximum atomic E-state index is 4.59. The Balaban J connectivity index is 0.00000133. The number of rotatable bonds is 2. The van der Waals surface area contributed by atoms with Gasteiger partial charge in [0.1, 0.15) is 0 Å². The number of nitrogens with zero attached hydrogens (tertiary/aromatic N) is 1. The number of benzene rings is 1. The number of fused-ring (bicyclic) bond motifs is 1. The minimum atomic E-state index is 0. The Hall–Kier alpha value is -1.28. The van der Waals surface area contributed by atoms with Crippen LogP contribution in [0.15, 0.2) is 30.3 Å². The van der Waals surface area contributed by atoms with Crippen molar-refractivity contribution in [2.75, 3.05) is 5.32 Å². The SMILES string of the molecule is Cc1cc(NC2CCCCC2)c2ccccc2n1.Cl. The molecule has 1 fully saturated rings. The van der Waals surface area contributed by atoms with E-state index in [1.807, 2.05) is 0 Å². The molecular weight excluding hydrogens is 256 g/mol. The maximum absolute atomic E-state index is 4.59. The molecule has 0 radical (unpaired) electrons. The molecule has 0 unspecified atom stereocenters. The number of aromatic nitrogens is 1. The second kappa shape index (κ2) is 6.25. The molecule has 0 spiro atoms. The van der Waals surface area contributed by atoms with E-state index in [4.69, 9.17) is 0 Å². The van der Waals surface area contributed by atoms with Gasteiger partial charge in [-0.2, -0.15) is 0 Å². The highest BCUT2D eigenvalue weighted by molar-refractivity contribution is 5.91. The highest BCUT2D eigenvalue weighted by Crippen LogP contribution is 2.27. The summed E-state index contributed by atoms with van der Waals surface area (Å²) in [5.74, 6) is 0. The molecular formula is C16H21ClN2. The van der Waals surface area contributed by atoms with Crippen LogP contribution in [0.5, 0.6) is 0 Å². The molecule has 19 heavy (non-hydrogen) atoms. The smallest absolute Gasteiger partial charge is 0.0725 e. The quantitative estimate of drug-likeness (QED) is 0.859. The lowest BCUT2D eigenvalue weighted by atomic mass is 9.95. The van der Waals surface area contributed by atoms with Gasteiger partial charge in [-0.05, 0) is 31.9 Å². The largest absolute Gasteiger partial charge is 0.382 e. The molecule has 102 valence electrons. The van der Waals surface area contributed by atoms with Crippen LogP contribution in [0.2, 0.25) is 0 Å². The number of nitrogens with one attached hydrogen (secondary N) is 1. The van der Waals surface area contributed by atoms with Crippen LogP contribution in [0.25, 0.3) is 10.9 Å². The number of anilines is 1. The fourth-order valence-electron chi connectivity index (χ4n) is 2.89. The number of pyridine rings is 1. The zero-order valence-electron chi connectivity index (χ0n) is 11.4. The monoisotopic (exact) mass is 276 g/mol. The van der Waals surface area contributed by atoms with Crippen LogP contribution in [0.4, 0.5) is 5.69 Å². The maximum Gasteiger partial charge on any atom is 0.0725 e. The van der Waals surface area contributed by atoms with E-state index < -0.39 is 0 Å². The third-order valence-corrected chi connectivity index (χ3v) is 3.81. The van der Waals surface area contributed by atoms with Gasteiger partial charge in [-0.3, -0.25) is 4.98 Å². The van der Waals surface area contributed by atoms with Gasteiger partial charge in [0.2, 0.25) is 0 Å². The molecule has 2 nitrogen and oxygen atoms in total. The summed E-state index contributed by atoms with van der Waals surface area (Å²) in [5.41, 5.74) is 3.44. The zero-order chi connectivity index (χ0) is 12.4. The van der Waals surface area contributed by atoms with E-state index in [0.717, 1.165) is 11.2 Å². The second-order valence-electron chi connectivity index (χ2n) is 5.31. The molecule has 1 heterocycles. The Kier molecular flexibility index (Phi) is 4.65. The number of hydrogen-bond acceptors (Lipinski definition) is 2. The van der Waals surface area contributed by atoms with Crippen molar-refractivity contribution >= 4 is 29.0 Å². The van der Waals surface area contributed by atoms with Crippen molar-refractivity contribution in [3.05, 3.63) is 36.0 Å². The van der Waals surface area contributed by atoms with Crippen molar-refractivity contribution in [2.24, 2.45) is 0 Å². The first-order chi connectivity index (χ1) is 8.83. The highest BCUT2D eigenvalue weighted by atomic mass is 35.5. The molecule has 0 amide bonds. The normalized spacial score (nSPS) is 16.1. The van der Waals surface area contributed by atoms with E-state index in [2.05, 4.69) is 47.6 Å². The van der Waals surface area contributed by atoms with Crippen molar-refractivity contribution in [3.63, 3.8) is 0 Å². The molecule has 1 aliphatic carbocycles. The molecule has 1 aliphatic rings. The van der Waals surface area contributed by atoms with E-state index in [-0.39, 0.29) is 12.4 Å². The Morgan fingerprint density at radius 1 is 1.11 bits per heavy atom. The average Bonchev–Trinajstić information content (AvgIpc) is 2.40. The molecule has 0 atom stereocenters. The van der Waals surface area contributed by atoms with Gasteiger partial charge in [-0.15, -0.1) is 12.4 Å². The van der Waals surface area contributed by atoms with Gasteiger partial charge in [0.15, 0.2) is 0 Å². The first-order valence-electron chi connectivity index (χ1n) is 6.96. The molecule has 0 bridgehead atoms. The van der Waals surface area contributed by atoms with E-state index >= 15 is 0 Å². The lowest BCUT2D eigenvalue weighted by molar-refractivity contribution is 0.463. The molecule has 1 N–H and O–H groups in total. The Bertz CT molecular complexity index is 547. The van der Waals surface area contributed by atoms with Gasteiger partial charge in [0, 0.05) is 22.8 Å². The van der Waals surface area contributed by atoms with Crippen LogP contribution in [-0.4, -0.2) is 11.0 Å². The van der Waals surface area contributed by atoms with E-state index in [0.29, 0.717) is 6.04 Å². The van der Waals surface area contributed by atoms with Crippen molar-refractivity contribution < 1.29 is 0 Å². The van der Waals surface area contributed by atoms with Crippen molar-refractivity contribution in [3.8, 4) is 0 Å². The highest BCUT2D eigenvalue weighted by Gasteiger charge is 2.14. The standard InChI is InChI=1S/C16H20N2.ClH/c1-12-11-16(18-13-7-3-2-4-8-13)14-9-5-6-10-15(14)17-12;/h5-6,9-11,13H,2-4,7-8H2,1H3,(H,17,18);1H. The zero-order valence-corrected chi connectivity index (χ0v) is 12.2. The van der Waals surface area contributed by atoms with Gasteiger partial charge in [0.05, 0.1) is 5.52 Å². The number of aryl methyl sites for hydroxylation is 1. The predicted molar refractivity (Wildman–Crippen MR) is 84.2 cm³/mol. The number of hydrogen-bond donors (Lipinski definition) is 1. The van der Waals surface area contributed by atoms with Crippen LogP contribution >= 0.6 is 12.4 Å². The van der Waals surface area contributed by atoms with Crippen LogP contribution < -0.4 is 5.32 Å². The van der Waals surface area contributed by atoms with Crippen LogP contribution in [0.1, 0.15) is 37.8 Å². The Morgan fingerprint density at radius 3 is 2.63 bits per heavy atom. The van der Waals surface area contributed by atoms with E-state index in [9.17, 15) is 0 Å². The molecule has 3 rings (SSSR count). The average molecular weight is 277 g/mol. The lowest BCUT2D eigenvalue weighted by Crippen LogP contribution is -2.22. The minimum absolute atomic E-state index is 0. The summed E-state index contributed by atoms with van der Waals surface area (Å²) >= 11 is 0. The van der Waals surface area contributed by atoms with Crippen molar-refractivity contribution in [1.29, 1.82) is 0 Å². The molecule has 1 aromatic heterocycles. The van der Waals surface area contributed by atoms with Gasteiger partial charge in [0.25, 0.3) is 0 Å². The predicted octanol–water partition coefficient (Wildman–Crippen LogP) is 4.71. The van der Waals surface area contributed by atoms with Crippen molar-refractivity contribution in [2.45, 2.75) is 45.1 Å². The summed E-state index contributed by atoms with van der Waals surface area (Å²) < 4.78 is 0. The third kappa shape index (κ3) is 3.19. The summed E-state index contributed by atoms with van der Waals surface area (Å²) in [6.45, 7) is 2.07. The molecule has 1 saturated carbocycles. The van der Waals surface area contributed by atoms with Gasteiger partial charge >= 0.3 is 0 Å². The summed E-state index contributed by atoms with van der Waals surface area (Å²) in [6, 6.07) is 11.2. The second-order valence-corrected chi connectivity index (χ2v) is 5.31. The first-order valence-corrected chi connectivity index (χ1v) is 6.96. The minimum Gasteiger partial charge on any atom is -0.382 e. The fraction of sp³-hybridized carbons (Fsp3) is 0.438. The third-order valence-electron chi connectivity index (χ3n) is 3.81. The molecule has 0 saturated heterocycles. The Labute approximate surface area is 121 Å². The van der Waals surface area contributed by atoms with Gasteiger partial charge in [-0.25, -0.2) is 0 Å². The topological polar surface area (TPSA) is 24.9 Å². The molecule has 2 aromatic rings. The van der Waals surface area contributed by atoms with Crippen LogP contribution in [0.3, 0.4) is 0 Å². The van der Waals surface area contributed by atoms with Crippen LogP contribution in [-0.2, 0) is 0 Å². The fourth-order valence-corrected chi connectivity index (χ4v) is 2.89. The number of halogens is 1. The van der Waals surface area contributed by atoms with Gasteiger partial charge < -0.3 is 5.32 Å². The molecule has 0 aliphatic heterocycles. The van der Waals surface area contributed by atoms with E-state index in [1.54, 1.807) is 0 Å². The summed E-state index contributed by atoms with van der Waals surface area (Å²) in [5, 5.41) is 4.97. The van der Waals surface area contributed by atoms with Crippen LogP contribution in [0, 0.1) is 6.92 Å². The number of para-hydroxylation sites is 1. The summed E-state index contributed by atoms with van der Waals surface area (Å²) in [4.78, 5) is 4.59. The van der Waals surface area contributed by atoms with Crippen molar-refractivity contribution in [1.82, 2.24) is 4.98 Å². The molecule has 3 heteroatoms. The summed E-state index contributed by atoms with van der Waals surface area (Å²) in [6.07, 6.45) is 6.72. The van der Waals surface area contributed by atoms with E-state index in [1.165, 1.54) is 43.2 Å².